The number of imide groups is 1. The lowest BCUT2D eigenvalue weighted by Gasteiger charge is -2.35. The second-order valence-corrected chi connectivity index (χ2v) is 19.9. The van der Waals surface area contributed by atoms with Gasteiger partial charge in [0.2, 0.25) is 0 Å². The predicted octanol–water partition coefficient (Wildman–Crippen LogP) is 12.4. The maximum atomic E-state index is 14.8. The molecule has 3 amide bonds. The minimum atomic E-state index is -4.21. The molecule has 4 rings (SSSR count). The van der Waals surface area contributed by atoms with Crippen LogP contribution in [0.2, 0.25) is 0 Å². The lowest BCUT2D eigenvalue weighted by Crippen LogP contribution is -2.59. The van der Waals surface area contributed by atoms with Crippen LogP contribution in [0.5, 0.6) is 0 Å². The molecule has 2 aliphatic rings. The Bertz CT molecular complexity index is 1810. The Hall–Kier alpha value is -3.38. The summed E-state index contributed by atoms with van der Waals surface area (Å²) in [6.07, 6.45) is 22.4. The molecule has 59 heavy (non-hydrogen) atoms. The molecular weight excluding hydrogens is 781 g/mol. The molecule has 0 aliphatic carbocycles. The number of aryl methyl sites for hydroxylation is 1. The Balaban J connectivity index is 1.50. The third-order valence-corrected chi connectivity index (χ3v) is 14.7. The van der Waals surface area contributed by atoms with Gasteiger partial charge >= 0.3 is 6.09 Å². The number of para-hydroxylation sites is 1. The van der Waals surface area contributed by atoms with Crippen molar-refractivity contribution in [1.29, 1.82) is 0 Å². The number of sulfonamides is 1. The highest BCUT2D eigenvalue weighted by molar-refractivity contribution is 7.99. The van der Waals surface area contributed by atoms with Crippen LogP contribution in [0.25, 0.3) is 0 Å². The number of fused-ring (bicyclic) bond motifs is 1. The fourth-order valence-corrected chi connectivity index (χ4v) is 10.7. The van der Waals surface area contributed by atoms with Crippen LogP contribution in [0.1, 0.15) is 169 Å². The number of amides is 3. The van der Waals surface area contributed by atoms with Crippen LogP contribution in [-0.2, 0) is 24.3 Å². The zero-order chi connectivity index (χ0) is 42.8. The Morgan fingerprint density at radius 3 is 1.95 bits per heavy atom. The summed E-state index contributed by atoms with van der Waals surface area (Å²) in [5, 5.41) is 3.01. The molecule has 0 spiro atoms. The summed E-state index contributed by atoms with van der Waals surface area (Å²) in [5.41, 5.74) is 0.0257. The number of ether oxygens (including phenoxy) is 1. The zero-order valence-electron chi connectivity index (χ0n) is 36.9. The number of benzene rings is 2. The van der Waals surface area contributed by atoms with Crippen LogP contribution in [0, 0.1) is 12.8 Å². The number of aliphatic imine (C=N–C) groups is 1. The first-order chi connectivity index (χ1) is 28.3. The van der Waals surface area contributed by atoms with E-state index in [1.54, 1.807) is 30.0 Å². The van der Waals surface area contributed by atoms with Gasteiger partial charge in [0.1, 0.15) is 4.90 Å². The van der Waals surface area contributed by atoms with Crippen molar-refractivity contribution in [2.24, 2.45) is 10.9 Å². The van der Waals surface area contributed by atoms with Crippen molar-refractivity contribution >= 4 is 56.9 Å². The molecule has 10 nitrogen and oxygen atoms in total. The minimum Gasteiger partial charge on any atom is -0.433 e. The number of cyclic esters (lactones) is 1. The Morgan fingerprint density at radius 1 is 0.814 bits per heavy atom. The van der Waals surface area contributed by atoms with Crippen LogP contribution in [0.3, 0.4) is 0 Å². The number of hydrogen-bond donors (Lipinski definition) is 1. The van der Waals surface area contributed by atoms with Gasteiger partial charge in [-0.25, -0.2) is 23.1 Å². The number of nitrogens with zero attached hydrogens (tertiary/aromatic N) is 3. The van der Waals surface area contributed by atoms with Gasteiger partial charge in [0, 0.05) is 17.2 Å². The SMILES string of the molecule is CCCCCCCCCCCCCCCCCCN1C(C(C(=O)Nc2cc(C)ccc2SCC(CC)CCCC)N2C(=O)OC(C)(C)C2=O)=Nc2ccccc2S1(=O)=O. The first-order valence-electron chi connectivity index (χ1n) is 22.7. The Kier molecular flexibility index (Phi) is 19.8. The molecule has 2 atom stereocenters. The Labute approximate surface area is 360 Å². The van der Waals surface area contributed by atoms with Gasteiger partial charge in [-0.3, -0.25) is 13.9 Å². The lowest BCUT2D eigenvalue weighted by molar-refractivity contribution is -0.137. The molecule has 0 radical (unpaired) electrons. The first-order valence-corrected chi connectivity index (χ1v) is 25.1. The zero-order valence-corrected chi connectivity index (χ0v) is 38.5. The second-order valence-electron chi connectivity index (χ2n) is 17.0. The number of carbonyl (C=O) groups excluding carboxylic acids is 3. The minimum absolute atomic E-state index is 0.0148. The van der Waals surface area contributed by atoms with Gasteiger partial charge in [0.05, 0.1) is 11.4 Å². The van der Waals surface area contributed by atoms with Gasteiger partial charge < -0.3 is 10.1 Å². The summed E-state index contributed by atoms with van der Waals surface area (Å²) < 4.78 is 35.5. The van der Waals surface area contributed by atoms with Gasteiger partial charge in [-0.05, 0) is 69.4 Å². The summed E-state index contributed by atoms with van der Waals surface area (Å²) in [5.74, 6) is -0.311. The second kappa shape index (κ2) is 24.2. The van der Waals surface area contributed by atoms with Crippen molar-refractivity contribution < 1.29 is 27.5 Å². The molecule has 12 heteroatoms. The molecule has 1 saturated heterocycles. The summed E-state index contributed by atoms with van der Waals surface area (Å²) in [6.45, 7) is 11.5. The summed E-state index contributed by atoms with van der Waals surface area (Å²) in [7, 11) is -4.21. The third-order valence-electron chi connectivity index (χ3n) is 11.6. The average molecular weight is 853 g/mol. The van der Waals surface area contributed by atoms with Crippen LogP contribution in [0.4, 0.5) is 16.2 Å². The smallest absolute Gasteiger partial charge is 0.418 e. The molecule has 0 saturated carbocycles. The number of amidine groups is 1. The number of rotatable bonds is 28. The van der Waals surface area contributed by atoms with E-state index < -0.39 is 39.6 Å². The lowest BCUT2D eigenvalue weighted by atomic mass is 10.0. The van der Waals surface area contributed by atoms with E-state index in [-0.39, 0.29) is 23.0 Å². The molecule has 2 heterocycles. The summed E-state index contributed by atoms with van der Waals surface area (Å²) >= 11 is 1.66. The average Bonchev–Trinajstić information content (AvgIpc) is 3.40. The summed E-state index contributed by atoms with van der Waals surface area (Å²) in [4.78, 5) is 48.6. The predicted molar refractivity (Wildman–Crippen MR) is 242 cm³/mol. The van der Waals surface area contributed by atoms with E-state index in [1.165, 1.54) is 90.5 Å². The van der Waals surface area contributed by atoms with E-state index in [0.29, 0.717) is 18.0 Å². The van der Waals surface area contributed by atoms with E-state index in [2.05, 4.69) is 26.1 Å². The van der Waals surface area contributed by atoms with Crippen molar-refractivity contribution in [3.8, 4) is 0 Å². The fourth-order valence-electron chi connectivity index (χ4n) is 7.86. The highest BCUT2D eigenvalue weighted by Gasteiger charge is 2.55. The number of hydrogen-bond acceptors (Lipinski definition) is 8. The maximum Gasteiger partial charge on any atom is 0.418 e. The van der Waals surface area contributed by atoms with Crippen LogP contribution >= 0.6 is 11.8 Å². The largest absolute Gasteiger partial charge is 0.433 e. The van der Waals surface area contributed by atoms with Crippen LogP contribution in [-0.4, -0.2) is 65.3 Å². The fraction of sp³-hybridized carbons (Fsp3) is 0.660. The Morgan fingerprint density at radius 2 is 1.39 bits per heavy atom. The van der Waals surface area contributed by atoms with Gasteiger partial charge in [-0.15, -0.1) is 11.8 Å². The number of anilines is 1. The molecule has 328 valence electrons. The van der Waals surface area contributed by atoms with E-state index in [9.17, 15) is 22.8 Å². The number of carbonyl (C=O) groups is 3. The van der Waals surface area contributed by atoms with Crippen LogP contribution in [0.15, 0.2) is 57.2 Å². The van der Waals surface area contributed by atoms with Gasteiger partial charge in [0.25, 0.3) is 21.8 Å². The maximum absolute atomic E-state index is 14.8. The number of nitrogens with one attached hydrogen (secondary N) is 1. The number of unbranched alkanes of at least 4 members (excludes halogenated alkanes) is 16. The first kappa shape index (κ1) is 48.3. The molecule has 1 N–H and O–H groups in total. The van der Waals surface area contributed by atoms with Crippen LogP contribution < -0.4 is 5.32 Å². The van der Waals surface area contributed by atoms with E-state index in [1.807, 2.05) is 25.1 Å². The van der Waals surface area contributed by atoms with E-state index in [0.717, 1.165) is 76.8 Å². The van der Waals surface area contributed by atoms with E-state index >= 15 is 0 Å². The van der Waals surface area contributed by atoms with Crippen molar-refractivity contribution in [3.05, 3.63) is 48.0 Å². The van der Waals surface area contributed by atoms with Gasteiger partial charge in [-0.1, -0.05) is 155 Å². The molecule has 2 aromatic rings. The molecule has 2 aliphatic heterocycles. The molecule has 1 fully saturated rings. The van der Waals surface area contributed by atoms with Crippen molar-refractivity contribution in [1.82, 2.24) is 9.21 Å². The monoisotopic (exact) mass is 852 g/mol. The highest BCUT2D eigenvalue weighted by atomic mass is 32.2. The van der Waals surface area contributed by atoms with Gasteiger partial charge in [-0.2, -0.15) is 0 Å². The standard InChI is InChI=1S/C47H72N4O6S2/c1-7-10-12-13-14-15-16-17-18-19-20-21-22-23-24-27-33-50-43(48-38-29-25-26-30-41(38)59(50,55)56)42(51-45(53)47(5,6)57-46(51)54)44(52)49-39-34-36(4)31-32-40(39)58-35-37(9-3)28-11-8-2/h25-26,29-32,34,37,42H,7-24,27-28,33,35H2,1-6H3,(H,49,52). The molecule has 0 aromatic heterocycles. The molecule has 0 bridgehead atoms. The normalized spacial score (nSPS) is 16.7. The molecule has 2 aromatic carbocycles. The molecular formula is C47H72N4O6S2. The summed E-state index contributed by atoms with van der Waals surface area (Å²) in [6, 6.07) is 10.5. The third kappa shape index (κ3) is 13.8. The van der Waals surface area contributed by atoms with E-state index in [4.69, 9.17) is 9.73 Å². The topological polar surface area (TPSA) is 125 Å². The highest BCUT2D eigenvalue weighted by Crippen LogP contribution is 2.37. The quantitative estimate of drug-likeness (QED) is 0.0667. The number of thioether (sulfide) groups is 1. The van der Waals surface area contributed by atoms with Crippen molar-refractivity contribution in [2.45, 2.75) is 191 Å². The molecule has 2 unspecified atom stereocenters. The van der Waals surface area contributed by atoms with Gasteiger partial charge in [0.15, 0.2) is 17.5 Å². The van der Waals surface area contributed by atoms with Crippen molar-refractivity contribution in [2.75, 3.05) is 17.6 Å². The van der Waals surface area contributed by atoms with Crippen molar-refractivity contribution in [3.63, 3.8) is 0 Å².